The number of benzene rings is 1. The van der Waals surface area contributed by atoms with Crippen molar-refractivity contribution in [2.75, 3.05) is 25.5 Å². The number of nitrogens with zero attached hydrogens (tertiary/aromatic N) is 2. The zero-order valence-corrected chi connectivity index (χ0v) is 9.83. The number of fused-ring (bicyclic) bond motifs is 3. The zero-order chi connectivity index (χ0) is 11.1. The average Bonchev–Trinajstić information content (AvgIpc) is 2.47. The second-order valence-electron chi connectivity index (χ2n) is 4.56. The van der Waals surface area contributed by atoms with Gasteiger partial charge in [0.15, 0.2) is 0 Å². The number of anilines is 1. The van der Waals surface area contributed by atoms with E-state index < -0.39 is 0 Å². The van der Waals surface area contributed by atoms with Gasteiger partial charge in [-0.15, -0.1) is 0 Å². The fourth-order valence-electron chi connectivity index (χ4n) is 2.53. The molecule has 0 fully saturated rings. The fraction of sp³-hybridized carbons (Fsp3) is 0.385. The molecule has 0 atom stereocenters. The minimum atomic E-state index is 1.02. The monoisotopic (exact) mass is 215 g/mol. The van der Waals surface area contributed by atoms with Gasteiger partial charge in [-0.1, -0.05) is 18.2 Å². The third-order valence-corrected chi connectivity index (χ3v) is 3.44. The number of hydrogen-bond donors (Lipinski definition) is 1. The highest BCUT2D eigenvalue weighted by Crippen LogP contribution is 2.31. The summed E-state index contributed by atoms with van der Waals surface area (Å²) in [7, 11) is 4.33. The third-order valence-electron chi connectivity index (χ3n) is 3.44. The van der Waals surface area contributed by atoms with E-state index >= 15 is 0 Å². The summed E-state index contributed by atoms with van der Waals surface area (Å²) < 4.78 is 2.31. The molecule has 1 N–H and O–H groups in total. The quantitative estimate of drug-likeness (QED) is 0.725. The van der Waals surface area contributed by atoms with Crippen molar-refractivity contribution in [3.05, 3.63) is 30.0 Å². The van der Waals surface area contributed by atoms with Crippen LogP contribution in [0.5, 0.6) is 0 Å². The van der Waals surface area contributed by atoms with Gasteiger partial charge in [0.2, 0.25) is 0 Å². The zero-order valence-electron chi connectivity index (χ0n) is 9.83. The van der Waals surface area contributed by atoms with Crippen LogP contribution in [-0.2, 0) is 13.6 Å². The Balaban J connectivity index is 2.27. The van der Waals surface area contributed by atoms with Gasteiger partial charge in [0.1, 0.15) is 0 Å². The van der Waals surface area contributed by atoms with Crippen molar-refractivity contribution in [3.8, 4) is 0 Å². The minimum absolute atomic E-state index is 1.02. The van der Waals surface area contributed by atoms with Crippen LogP contribution in [0.1, 0.15) is 5.69 Å². The number of likely N-dealkylation sites (N-methyl/N-ethyl adjacent to an activating group) is 1. The molecule has 0 aliphatic carbocycles. The maximum Gasteiger partial charge on any atom is 0.0647 e. The lowest BCUT2D eigenvalue weighted by molar-refractivity contribution is 0.339. The van der Waals surface area contributed by atoms with Gasteiger partial charge in [-0.3, -0.25) is 4.90 Å². The van der Waals surface area contributed by atoms with Crippen molar-refractivity contribution in [2.24, 2.45) is 7.05 Å². The first-order chi connectivity index (χ1) is 7.77. The van der Waals surface area contributed by atoms with E-state index in [4.69, 9.17) is 0 Å². The van der Waals surface area contributed by atoms with E-state index in [1.54, 1.807) is 0 Å². The summed E-state index contributed by atoms with van der Waals surface area (Å²) in [5, 5.41) is 4.90. The Morgan fingerprint density at radius 3 is 2.88 bits per heavy atom. The maximum atomic E-state index is 3.56. The Kier molecular flexibility index (Phi) is 2.14. The lowest BCUT2D eigenvalue weighted by Crippen LogP contribution is -2.21. The summed E-state index contributed by atoms with van der Waals surface area (Å²) in [6, 6.07) is 8.60. The molecule has 2 aromatic rings. The van der Waals surface area contributed by atoms with Gasteiger partial charge < -0.3 is 9.88 Å². The Morgan fingerprint density at radius 1 is 1.19 bits per heavy atom. The van der Waals surface area contributed by atoms with E-state index in [0.29, 0.717) is 0 Å². The average molecular weight is 215 g/mol. The standard InChI is InChI=1S/C13H17N3/c1-15-8-7-14-13-10-5-3-4-6-11(10)16(2)12(13)9-15/h3-6,14H,7-9H2,1-2H3. The molecule has 0 saturated carbocycles. The molecular weight excluding hydrogens is 198 g/mol. The Morgan fingerprint density at radius 2 is 2.00 bits per heavy atom. The van der Waals surface area contributed by atoms with Crippen molar-refractivity contribution < 1.29 is 0 Å². The summed E-state index contributed by atoms with van der Waals surface area (Å²) in [6.07, 6.45) is 0. The molecule has 1 aromatic heterocycles. The third kappa shape index (κ3) is 1.32. The number of hydrogen-bond acceptors (Lipinski definition) is 2. The van der Waals surface area contributed by atoms with Gasteiger partial charge in [0.05, 0.1) is 16.9 Å². The molecule has 16 heavy (non-hydrogen) atoms. The second kappa shape index (κ2) is 3.52. The number of aryl methyl sites for hydroxylation is 1. The first-order valence-corrected chi connectivity index (χ1v) is 5.76. The van der Waals surface area contributed by atoms with Gasteiger partial charge in [-0.05, 0) is 13.1 Å². The Bertz CT molecular complexity index is 527. The first-order valence-electron chi connectivity index (χ1n) is 5.76. The molecule has 3 rings (SSSR count). The smallest absolute Gasteiger partial charge is 0.0647 e. The van der Waals surface area contributed by atoms with E-state index in [9.17, 15) is 0 Å². The second-order valence-corrected chi connectivity index (χ2v) is 4.56. The Hall–Kier alpha value is -1.48. The Labute approximate surface area is 95.7 Å². The van der Waals surface area contributed by atoms with Crippen molar-refractivity contribution in [1.29, 1.82) is 0 Å². The number of para-hydroxylation sites is 1. The molecule has 0 bridgehead atoms. The SMILES string of the molecule is CN1CCNc2c(n(C)c3ccccc23)C1. The molecule has 1 aliphatic heterocycles. The molecule has 0 radical (unpaired) electrons. The van der Waals surface area contributed by atoms with Gasteiger partial charge in [-0.25, -0.2) is 0 Å². The highest BCUT2D eigenvalue weighted by molar-refractivity contribution is 5.95. The topological polar surface area (TPSA) is 20.2 Å². The van der Waals surface area contributed by atoms with Crippen LogP contribution in [0.25, 0.3) is 10.9 Å². The van der Waals surface area contributed by atoms with Crippen molar-refractivity contribution >= 4 is 16.6 Å². The highest BCUT2D eigenvalue weighted by atomic mass is 15.2. The molecule has 1 aromatic carbocycles. The summed E-state index contributed by atoms with van der Waals surface area (Å²) in [5.41, 5.74) is 4.03. The van der Waals surface area contributed by atoms with Crippen molar-refractivity contribution in [1.82, 2.24) is 9.47 Å². The molecule has 2 heterocycles. The minimum Gasteiger partial charge on any atom is -0.382 e. The fourth-order valence-corrected chi connectivity index (χ4v) is 2.53. The van der Waals surface area contributed by atoms with Crippen LogP contribution in [0.2, 0.25) is 0 Å². The molecule has 0 spiro atoms. The molecule has 3 nitrogen and oxygen atoms in total. The number of aromatic nitrogens is 1. The van der Waals surface area contributed by atoms with Crippen molar-refractivity contribution in [3.63, 3.8) is 0 Å². The molecule has 3 heteroatoms. The predicted molar refractivity (Wildman–Crippen MR) is 67.7 cm³/mol. The van der Waals surface area contributed by atoms with E-state index in [2.05, 4.69) is 53.1 Å². The van der Waals surface area contributed by atoms with Crippen LogP contribution in [0.4, 0.5) is 5.69 Å². The molecule has 0 amide bonds. The lowest BCUT2D eigenvalue weighted by atomic mass is 10.2. The van der Waals surface area contributed by atoms with Crippen LogP contribution >= 0.6 is 0 Å². The molecule has 84 valence electrons. The predicted octanol–water partition coefficient (Wildman–Crippen LogP) is 2.04. The van der Waals surface area contributed by atoms with Gasteiger partial charge >= 0.3 is 0 Å². The molecule has 0 unspecified atom stereocenters. The van der Waals surface area contributed by atoms with Crippen LogP contribution < -0.4 is 5.32 Å². The molecular formula is C13H17N3. The molecule has 0 saturated heterocycles. The highest BCUT2D eigenvalue weighted by Gasteiger charge is 2.18. The van der Waals surface area contributed by atoms with Gasteiger partial charge in [0, 0.05) is 32.1 Å². The van der Waals surface area contributed by atoms with E-state index in [1.165, 1.54) is 22.3 Å². The summed E-state index contributed by atoms with van der Waals surface area (Å²) >= 11 is 0. The number of nitrogens with one attached hydrogen (secondary N) is 1. The van der Waals surface area contributed by atoms with Gasteiger partial charge in [0.25, 0.3) is 0 Å². The van der Waals surface area contributed by atoms with E-state index in [0.717, 1.165) is 19.6 Å². The van der Waals surface area contributed by atoms with E-state index in [1.807, 2.05) is 0 Å². The van der Waals surface area contributed by atoms with Crippen LogP contribution in [0, 0.1) is 0 Å². The van der Waals surface area contributed by atoms with E-state index in [-0.39, 0.29) is 0 Å². The largest absolute Gasteiger partial charge is 0.382 e. The molecule has 1 aliphatic rings. The summed E-state index contributed by atoms with van der Waals surface area (Å²) in [5.74, 6) is 0. The number of rotatable bonds is 0. The summed E-state index contributed by atoms with van der Waals surface area (Å²) in [4.78, 5) is 2.36. The normalized spacial score (nSPS) is 16.9. The maximum absolute atomic E-state index is 3.56. The lowest BCUT2D eigenvalue weighted by Gasteiger charge is -2.13. The van der Waals surface area contributed by atoms with Crippen molar-refractivity contribution in [2.45, 2.75) is 6.54 Å². The first kappa shape index (κ1) is 9.73. The van der Waals surface area contributed by atoms with Crippen LogP contribution in [0.15, 0.2) is 24.3 Å². The van der Waals surface area contributed by atoms with Crippen LogP contribution in [0.3, 0.4) is 0 Å². The van der Waals surface area contributed by atoms with Crippen LogP contribution in [-0.4, -0.2) is 29.6 Å². The summed E-state index contributed by atoms with van der Waals surface area (Å²) in [6.45, 7) is 3.15. The van der Waals surface area contributed by atoms with Gasteiger partial charge in [-0.2, -0.15) is 0 Å².